The Hall–Kier alpha value is -0.570. The van der Waals surface area contributed by atoms with Crippen molar-refractivity contribution in [3.63, 3.8) is 0 Å². The van der Waals surface area contributed by atoms with E-state index in [1.807, 2.05) is 0 Å². The molecular weight excluding hydrogens is 236 g/mol. The van der Waals surface area contributed by atoms with Gasteiger partial charge in [-0.15, -0.1) is 0 Å². The number of nitrogens with two attached hydrogens (primary N) is 1. The molecule has 0 aromatic heterocycles. The minimum atomic E-state index is 0.104. The second-order valence-electron chi connectivity index (χ2n) is 6.86. The van der Waals surface area contributed by atoms with Crippen LogP contribution in [0.2, 0.25) is 0 Å². The second-order valence-corrected chi connectivity index (χ2v) is 6.86. The molecule has 1 aliphatic rings. The number of hydrogen-bond donors (Lipinski definition) is 2. The van der Waals surface area contributed by atoms with Crippen molar-refractivity contribution < 1.29 is 4.79 Å². The maximum Gasteiger partial charge on any atom is 0.223 e. The summed E-state index contributed by atoms with van der Waals surface area (Å²) >= 11 is 0. The molecule has 0 radical (unpaired) electrons. The Morgan fingerprint density at radius 1 is 1.21 bits per heavy atom. The van der Waals surface area contributed by atoms with Gasteiger partial charge in [0.15, 0.2) is 0 Å². The Morgan fingerprint density at radius 3 is 2.47 bits per heavy atom. The highest BCUT2D eigenvalue weighted by atomic mass is 16.1. The molecule has 3 heteroatoms. The predicted octanol–water partition coefficient (Wildman–Crippen LogP) is 3.08. The van der Waals surface area contributed by atoms with Crippen LogP contribution >= 0.6 is 0 Å². The Bertz CT molecular complexity index is 278. The monoisotopic (exact) mass is 268 g/mol. The summed E-state index contributed by atoms with van der Waals surface area (Å²) in [6.45, 7) is 8.62. The molecule has 0 aromatic carbocycles. The molecule has 0 heterocycles. The molecule has 3 nitrogen and oxygen atoms in total. The fourth-order valence-electron chi connectivity index (χ4n) is 2.96. The minimum absolute atomic E-state index is 0.104. The number of carbonyl (C=O) groups is 1. The van der Waals surface area contributed by atoms with Crippen LogP contribution in [0.3, 0.4) is 0 Å². The largest absolute Gasteiger partial charge is 0.353 e. The molecule has 0 aromatic rings. The van der Waals surface area contributed by atoms with E-state index < -0.39 is 0 Å². The van der Waals surface area contributed by atoms with Gasteiger partial charge in [0.1, 0.15) is 0 Å². The van der Waals surface area contributed by atoms with E-state index in [1.54, 1.807) is 0 Å². The SMILES string of the molecule is CC(C)CCC(C)NC(=O)C(C)C1CCCC(N)C1. The number of hydrogen-bond acceptors (Lipinski definition) is 2. The number of nitrogens with one attached hydrogen (secondary N) is 1. The predicted molar refractivity (Wildman–Crippen MR) is 80.8 cm³/mol. The van der Waals surface area contributed by atoms with Crippen molar-refractivity contribution in [2.45, 2.75) is 78.3 Å². The summed E-state index contributed by atoms with van der Waals surface area (Å²) in [6, 6.07) is 0.585. The molecule has 3 N–H and O–H groups in total. The van der Waals surface area contributed by atoms with Crippen LogP contribution in [0.5, 0.6) is 0 Å². The first-order chi connectivity index (χ1) is 8.90. The van der Waals surface area contributed by atoms with Gasteiger partial charge in [0.25, 0.3) is 0 Å². The van der Waals surface area contributed by atoms with E-state index in [2.05, 4.69) is 33.0 Å². The van der Waals surface area contributed by atoms with Crippen molar-refractivity contribution in [2.75, 3.05) is 0 Å². The summed E-state index contributed by atoms with van der Waals surface area (Å²) < 4.78 is 0. The normalized spacial score (nSPS) is 27.1. The first-order valence-electron chi connectivity index (χ1n) is 7.96. The van der Waals surface area contributed by atoms with E-state index in [0.717, 1.165) is 25.7 Å². The summed E-state index contributed by atoms with van der Waals surface area (Å²) in [7, 11) is 0. The lowest BCUT2D eigenvalue weighted by atomic mass is 9.78. The Labute approximate surface area is 118 Å². The Kier molecular flexibility index (Phi) is 6.84. The van der Waals surface area contributed by atoms with E-state index in [4.69, 9.17) is 5.73 Å². The average molecular weight is 268 g/mol. The molecule has 0 spiro atoms. The molecule has 1 rings (SSSR count). The van der Waals surface area contributed by atoms with Crippen LogP contribution in [-0.4, -0.2) is 18.0 Å². The van der Waals surface area contributed by atoms with Gasteiger partial charge < -0.3 is 11.1 Å². The highest BCUT2D eigenvalue weighted by Gasteiger charge is 2.28. The maximum atomic E-state index is 12.3. The number of amides is 1. The molecule has 0 bridgehead atoms. The van der Waals surface area contributed by atoms with Crippen LogP contribution in [0.4, 0.5) is 0 Å². The summed E-state index contributed by atoms with van der Waals surface area (Å²) in [5.74, 6) is 1.50. The molecule has 1 amide bonds. The molecule has 4 unspecified atom stereocenters. The zero-order valence-corrected chi connectivity index (χ0v) is 13.1. The lowest BCUT2D eigenvalue weighted by Gasteiger charge is -2.31. The summed E-state index contributed by atoms with van der Waals surface area (Å²) in [4.78, 5) is 12.3. The van der Waals surface area contributed by atoms with Crippen molar-refractivity contribution >= 4 is 5.91 Å². The molecule has 0 aliphatic heterocycles. The van der Waals surface area contributed by atoms with Crippen molar-refractivity contribution in [2.24, 2.45) is 23.5 Å². The van der Waals surface area contributed by atoms with Gasteiger partial charge in [0, 0.05) is 18.0 Å². The first kappa shape index (κ1) is 16.5. The van der Waals surface area contributed by atoms with Gasteiger partial charge in [0.05, 0.1) is 0 Å². The Morgan fingerprint density at radius 2 is 1.89 bits per heavy atom. The fourth-order valence-corrected chi connectivity index (χ4v) is 2.96. The Balaban J connectivity index is 2.35. The van der Waals surface area contributed by atoms with Gasteiger partial charge in [-0.2, -0.15) is 0 Å². The topological polar surface area (TPSA) is 55.1 Å². The molecule has 112 valence electrons. The fraction of sp³-hybridized carbons (Fsp3) is 0.938. The quantitative estimate of drug-likeness (QED) is 0.778. The molecular formula is C16H32N2O. The number of carbonyl (C=O) groups excluding carboxylic acids is 1. The van der Waals surface area contributed by atoms with E-state index in [-0.39, 0.29) is 17.9 Å². The van der Waals surface area contributed by atoms with Gasteiger partial charge in [-0.25, -0.2) is 0 Å². The van der Waals surface area contributed by atoms with E-state index >= 15 is 0 Å². The highest BCUT2D eigenvalue weighted by molar-refractivity contribution is 5.78. The van der Waals surface area contributed by atoms with Gasteiger partial charge >= 0.3 is 0 Å². The van der Waals surface area contributed by atoms with Crippen LogP contribution in [0.1, 0.15) is 66.2 Å². The molecule has 0 saturated heterocycles. The molecule has 4 atom stereocenters. The summed E-state index contributed by atoms with van der Waals surface area (Å²) in [6.07, 6.45) is 6.70. The molecule has 1 aliphatic carbocycles. The molecule has 1 saturated carbocycles. The summed E-state index contributed by atoms with van der Waals surface area (Å²) in [5, 5.41) is 3.17. The number of rotatable bonds is 6. The molecule has 19 heavy (non-hydrogen) atoms. The van der Waals surface area contributed by atoms with Crippen molar-refractivity contribution in [3.8, 4) is 0 Å². The maximum absolute atomic E-state index is 12.3. The van der Waals surface area contributed by atoms with Crippen molar-refractivity contribution in [1.82, 2.24) is 5.32 Å². The lowest BCUT2D eigenvalue weighted by Crippen LogP contribution is -2.41. The van der Waals surface area contributed by atoms with Gasteiger partial charge in [-0.3, -0.25) is 4.79 Å². The van der Waals surface area contributed by atoms with E-state index in [1.165, 1.54) is 12.8 Å². The second kappa shape index (κ2) is 7.88. The van der Waals surface area contributed by atoms with Crippen LogP contribution in [0.25, 0.3) is 0 Å². The van der Waals surface area contributed by atoms with Crippen LogP contribution < -0.4 is 11.1 Å². The smallest absolute Gasteiger partial charge is 0.223 e. The van der Waals surface area contributed by atoms with E-state index in [9.17, 15) is 4.79 Å². The molecule has 1 fully saturated rings. The third-order valence-corrected chi connectivity index (χ3v) is 4.44. The van der Waals surface area contributed by atoms with Crippen molar-refractivity contribution in [1.29, 1.82) is 0 Å². The zero-order valence-electron chi connectivity index (χ0n) is 13.1. The van der Waals surface area contributed by atoms with Crippen LogP contribution in [0, 0.1) is 17.8 Å². The highest BCUT2D eigenvalue weighted by Crippen LogP contribution is 2.29. The van der Waals surface area contributed by atoms with Gasteiger partial charge in [0.2, 0.25) is 5.91 Å². The third kappa shape index (κ3) is 5.94. The standard InChI is InChI=1S/C16H32N2O/c1-11(2)8-9-12(3)18-16(19)13(4)14-6-5-7-15(17)10-14/h11-15H,5-10,17H2,1-4H3,(H,18,19). The van der Waals surface area contributed by atoms with E-state index in [0.29, 0.717) is 17.9 Å². The minimum Gasteiger partial charge on any atom is -0.353 e. The van der Waals surface area contributed by atoms with Crippen LogP contribution in [-0.2, 0) is 4.79 Å². The van der Waals surface area contributed by atoms with Crippen LogP contribution in [0.15, 0.2) is 0 Å². The van der Waals surface area contributed by atoms with Gasteiger partial charge in [-0.05, 0) is 50.9 Å². The zero-order chi connectivity index (χ0) is 14.4. The average Bonchev–Trinajstić information content (AvgIpc) is 2.35. The lowest BCUT2D eigenvalue weighted by molar-refractivity contribution is -0.127. The first-order valence-corrected chi connectivity index (χ1v) is 7.96. The van der Waals surface area contributed by atoms with Gasteiger partial charge in [-0.1, -0.05) is 27.2 Å². The third-order valence-electron chi connectivity index (χ3n) is 4.44. The summed E-state index contributed by atoms with van der Waals surface area (Å²) in [5.41, 5.74) is 6.01. The van der Waals surface area contributed by atoms with Crippen molar-refractivity contribution in [3.05, 3.63) is 0 Å².